The first kappa shape index (κ1) is 20.9. The molecule has 3 aromatic carbocycles. The van der Waals surface area contributed by atoms with E-state index in [9.17, 15) is 9.18 Å². The van der Waals surface area contributed by atoms with Crippen LogP contribution in [0.4, 0.5) is 4.39 Å². The summed E-state index contributed by atoms with van der Waals surface area (Å²) in [7, 11) is 1.62. The van der Waals surface area contributed by atoms with Gasteiger partial charge >= 0.3 is 0 Å². The molecule has 0 aliphatic rings. The van der Waals surface area contributed by atoms with E-state index in [2.05, 4.69) is 10.5 Å². The van der Waals surface area contributed by atoms with Crippen LogP contribution in [0.25, 0.3) is 0 Å². The second-order valence-corrected chi connectivity index (χ2v) is 6.21. The van der Waals surface area contributed by atoms with Gasteiger partial charge in [0.15, 0.2) is 6.61 Å². The van der Waals surface area contributed by atoms with E-state index in [1.165, 1.54) is 30.5 Å². The molecule has 3 rings (SSSR count). The fraction of sp³-hybridized carbons (Fsp3) is 0.130. The van der Waals surface area contributed by atoms with Crippen molar-refractivity contribution in [2.45, 2.75) is 6.61 Å². The monoisotopic (exact) mass is 408 g/mol. The molecule has 0 spiro atoms. The largest absolute Gasteiger partial charge is 0.497 e. The molecule has 0 heterocycles. The van der Waals surface area contributed by atoms with Gasteiger partial charge in [-0.1, -0.05) is 24.3 Å². The van der Waals surface area contributed by atoms with Crippen molar-refractivity contribution >= 4 is 12.1 Å². The first-order valence-electron chi connectivity index (χ1n) is 9.19. The van der Waals surface area contributed by atoms with E-state index in [4.69, 9.17) is 14.2 Å². The van der Waals surface area contributed by atoms with Crippen molar-refractivity contribution in [3.05, 3.63) is 89.7 Å². The van der Waals surface area contributed by atoms with Gasteiger partial charge in [0.1, 0.15) is 29.7 Å². The third-order valence-electron chi connectivity index (χ3n) is 4.02. The number of hydrogen-bond acceptors (Lipinski definition) is 5. The highest BCUT2D eigenvalue weighted by Crippen LogP contribution is 2.19. The highest BCUT2D eigenvalue weighted by Gasteiger charge is 2.04. The van der Waals surface area contributed by atoms with E-state index in [-0.39, 0.29) is 12.4 Å². The molecule has 0 atom stereocenters. The number of carbonyl (C=O) groups excluding carboxylic acids is 1. The molecular weight excluding hydrogens is 387 g/mol. The van der Waals surface area contributed by atoms with E-state index in [0.717, 1.165) is 11.3 Å². The molecule has 1 N–H and O–H groups in total. The van der Waals surface area contributed by atoms with Crippen LogP contribution in [-0.2, 0) is 11.4 Å². The molecule has 30 heavy (non-hydrogen) atoms. The topological polar surface area (TPSA) is 69.2 Å². The van der Waals surface area contributed by atoms with Gasteiger partial charge in [0, 0.05) is 5.56 Å². The number of rotatable bonds is 9. The Bertz CT molecular complexity index is 1010. The zero-order valence-electron chi connectivity index (χ0n) is 16.4. The molecule has 154 valence electrons. The van der Waals surface area contributed by atoms with Gasteiger partial charge in [0.25, 0.3) is 5.91 Å². The van der Waals surface area contributed by atoms with Gasteiger partial charge in [-0.25, -0.2) is 9.82 Å². The number of benzene rings is 3. The van der Waals surface area contributed by atoms with Crippen molar-refractivity contribution in [3.8, 4) is 17.2 Å². The predicted octanol–water partition coefficient (Wildman–Crippen LogP) is 3.94. The van der Waals surface area contributed by atoms with Crippen LogP contribution in [0, 0.1) is 5.82 Å². The van der Waals surface area contributed by atoms with Crippen molar-refractivity contribution in [2.75, 3.05) is 13.7 Å². The quantitative estimate of drug-likeness (QED) is 0.430. The summed E-state index contributed by atoms with van der Waals surface area (Å²) in [6.45, 7) is 0.122. The van der Waals surface area contributed by atoms with Crippen LogP contribution in [0.3, 0.4) is 0 Å². The second-order valence-electron chi connectivity index (χ2n) is 6.21. The SMILES string of the molecule is COc1cccc(COc2ccccc2C=NNC(=O)COc2ccc(F)cc2)c1. The van der Waals surface area contributed by atoms with Gasteiger partial charge in [0.05, 0.1) is 13.3 Å². The van der Waals surface area contributed by atoms with Gasteiger partial charge in [-0.2, -0.15) is 5.10 Å². The molecule has 0 fully saturated rings. The maximum absolute atomic E-state index is 12.9. The Balaban J connectivity index is 1.52. The minimum absolute atomic E-state index is 0.239. The number of ether oxygens (including phenoxy) is 3. The summed E-state index contributed by atoms with van der Waals surface area (Å²) in [5.41, 5.74) is 4.06. The summed E-state index contributed by atoms with van der Waals surface area (Å²) < 4.78 is 29.2. The first-order valence-corrected chi connectivity index (χ1v) is 9.19. The van der Waals surface area contributed by atoms with Gasteiger partial charge in [-0.05, 0) is 54.1 Å². The molecule has 0 aliphatic heterocycles. The average molecular weight is 408 g/mol. The van der Waals surface area contributed by atoms with Crippen LogP contribution < -0.4 is 19.6 Å². The van der Waals surface area contributed by atoms with E-state index in [0.29, 0.717) is 23.7 Å². The molecule has 0 unspecified atom stereocenters. The zero-order valence-corrected chi connectivity index (χ0v) is 16.4. The fourth-order valence-electron chi connectivity index (χ4n) is 2.53. The van der Waals surface area contributed by atoms with Crippen LogP contribution in [0.5, 0.6) is 17.2 Å². The third-order valence-corrected chi connectivity index (χ3v) is 4.02. The summed E-state index contributed by atoms with van der Waals surface area (Å²) in [4.78, 5) is 11.9. The summed E-state index contributed by atoms with van der Waals surface area (Å²) >= 11 is 0. The minimum atomic E-state index is -0.439. The lowest BCUT2D eigenvalue weighted by Crippen LogP contribution is -2.24. The first-order chi connectivity index (χ1) is 14.6. The average Bonchev–Trinajstić information content (AvgIpc) is 2.78. The number of nitrogens with one attached hydrogen (secondary N) is 1. The smallest absolute Gasteiger partial charge is 0.277 e. The van der Waals surface area contributed by atoms with E-state index in [1.54, 1.807) is 7.11 Å². The van der Waals surface area contributed by atoms with Crippen molar-refractivity contribution in [1.82, 2.24) is 5.43 Å². The molecule has 0 saturated heterocycles. The zero-order chi connectivity index (χ0) is 21.2. The highest BCUT2D eigenvalue weighted by molar-refractivity contribution is 5.85. The second kappa shape index (κ2) is 10.6. The normalized spacial score (nSPS) is 10.6. The molecule has 1 amide bonds. The maximum atomic E-state index is 12.9. The van der Waals surface area contributed by atoms with Gasteiger partial charge in [0.2, 0.25) is 0 Å². The van der Waals surface area contributed by atoms with Crippen molar-refractivity contribution in [2.24, 2.45) is 5.10 Å². The molecule has 0 saturated carbocycles. The number of hydrazone groups is 1. The number of amides is 1. The maximum Gasteiger partial charge on any atom is 0.277 e. The molecule has 7 heteroatoms. The number of nitrogens with zero attached hydrogens (tertiary/aromatic N) is 1. The highest BCUT2D eigenvalue weighted by atomic mass is 19.1. The number of methoxy groups -OCH3 is 1. The molecule has 0 aromatic heterocycles. The molecule has 6 nitrogen and oxygen atoms in total. The van der Waals surface area contributed by atoms with Crippen LogP contribution in [-0.4, -0.2) is 25.8 Å². The Hall–Kier alpha value is -3.87. The number of para-hydroxylation sites is 1. The van der Waals surface area contributed by atoms with E-state index >= 15 is 0 Å². The van der Waals surface area contributed by atoms with E-state index < -0.39 is 5.91 Å². The van der Waals surface area contributed by atoms with Crippen LogP contribution in [0.1, 0.15) is 11.1 Å². The number of halogens is 1. The number of carbonyl (C=O) groups is 1. The Morgan fingerprint density at radius 1 is 1.00 bits per heavy atom. The summed E-state index contributed by atoms with van der Waals surface area (Å²) in [5, 5.41) is 3.95. The van der Waals surface area contributed by atoms with Crippen molar-refractivity contribution < 1.29 is 23.4 Å². The molecule has 0 radical (unpaired) electrons. The van der Waals surface area contributed by atoms with Crippen molar-refractivity contribution in [1.29, 1.82) is 0 Å². The fourth-order valence-corrected chi connectivity index (χ4v) is 2.53. The third kappa shape index (κ3) is 6.34. The molecule has 0 bridgehead atoms. The lowest BCUT2D eigenvalue weighted by atomic mass is 10.2. The molecule has 3 aromatic rings. The standard InChI is InChI=1S/C23H21FN2O4/c1-28-21-7-4-5-17(13-21)15-30-22-8-3-2-6-18(22)14-25-26-23(27)16-29-20-11-9-19(24)10-12-20/h2-14H,15-16H2,1H3,(H,26,27). The van der Waals surface area contributed by atoms with Crippen molar-refractivity contribution in [3.63, 3.8) is 0 Å². The van der Waals surface area contributed by atoms with Gasteiger partial charge < -0.3 is 14.2 Å². The predicted molar refractivity (Wildman–Crippen MR) is 111 cm³/mol. The summed E-state index contributed by atoms with van der Waals surface area (Å²) in [5.74, 6) is 0.971. The Kier molecular flexibility index (Phi) is 7.38. The van der Waals surface area contributed by atoms with Crippen LogP contribution in [0.2, 0.25) is 0 Å². The van der Waals surface area contributed by atoms with Gasteiger partial charge in [-0.3, -0.25) is 4.79 Å². The molecular formula is C23H21FN2O4. The Morgan fingerprint density at radius 2 is 1.80 bits per heavy atom. The lowest BCUT2D eigenvalue weighted by molar-refractivity contribution is -0.123. The molecule has 0 aliphatic carbocycles. The summed E-state index contributed by atoms with van der Waals surface area (Å²) in [6.07, 6.45) is 1.50. The van der Waals surface area contributed by atoms with Crippen LogP contribution >= 0.6 is 0 Å². The summed E-state index contributed by atoms with van der Waals surface area (Å²) in [6, 6.07) is 20.4. The van der Waals surface area contributed by atoms with Gasteiger partial charge in [-0.15, -0.1) is 0 Å². The Labute approximate surface area is 173 Å². The lowest BCUT2D eigenvalue weighted by Gasteiger charge is -2.10. The minimum Gasteiger partial charge on any atom is -0.497 e. The van der Waals surface area contributed by atoms with Crippen LogP contribution in [0.15, 0.2) is 77.9 Å². The Morgan fingerprint density at radius 3 is 2.60 bits per heavy atom. The number of hydrogen-bond donors (Lipinski definition) is 1. The van der Waals surface area contributed by atoms with E-state index in [1.807, 2.05) is 48.5 Å².